The molecule has 2 atom stereocenters. The van der Waals surface area contributed by atoms with Crippen molar-refractivity contribution in [1.82, 2.24) is 0 Å². The molecule has 0 nitrogen and oxygen atoms in total. The first-order valence-corrected chi connectivity index (χ1v) is 5.47. The second kappa shape index (κ2) is 3.60. The number of fused-ring (bicyclic) bond motifs is 1. The molecule has 0 aliphatic heterocycles. The van der Waals surface area contributed by atoms with E-state index >= 15 is 0 Å². The lowest BCUT2D eigenvalue weighted by molar-refractivity contribution is 0.301. The highest BCUT2D eigenvalue weighted by Gasteiger charge is 2.26. The van der Waals surface area contributed by atoms with Crippen LogP contribution in [0.25, 0.3) is 0 Å². The number of hydrogen-bond acceptors (Lipinski definition) is 0. The summed E-state index contributed by atoms with van der Waals surface area (Å²) in [5, 5.41) is 0. The largest absolute Gasteiger partial charge is 0.0533 e. The van der Waals surface area contributed by atoms with Gasteiger partial charge in [0.2, 0.25) is 0 Å². The highest BCUT2D eigenvalue weighted by molar-refractivity contribution is 4.78. The summed E-state index contributed by atoms with van der Waals surface area (Å²) < 4.78 is 0. The van der Waals surface area contributed by atoms with Crippen molar-refractivity contribution in [3.8, 4) is 0 Å². The summed E-state index contributed by atoms with van der Waals surface area (Å²) in [6.45, 7) is 0. The van der Waals surface area contributed by atoms with Crippen LogP contribution >= 0.6 is 0 Å². The molecule has 2 fully saturated rings. The van der Waals surface area contributed by atoms with Gasteiger partial charge in [-0.15, -0.1) is 0 Å². The Labute approximate surface area is 70.4 Å². The van der Waals surface area contributed by atoms with Crippen LogP contribution in [0.5, 0.6) is 0 Å². The first-order valence-electron chi connectivity index (χ1n) is 5.47. The summed E-state index contributed by atoms with van der Waals surface area (Å²) in [5.74, 6) is 2.30. The summed E-state index contributed by atoms with van der Waals surface area (Å²) >= 11 is 0. The van der Waals surface area contributed by atoms with Crippen LogP contribution in [-0.2, 0) is 0 Å². The van der Waals surface area contributed by atoms with Crippen LogP contribution in [0, 0.1) is 11.8 Å². The third-order valence-electron chi connectivity index (χ3n) is 3.72. The Bertz CT molecular complexity index is 103. The molecule has 2 unspecified atom stereocenters. The molecule has 64 valence electrons. The van der Waals surface area contributed by atoms with E-state index in [0.717, 1.165) is 11.8 Å². The lowest BCUT2D eigenvalue weighted by Gasteiger charge is -2.21. The summed E-state index contributed by atoms with van der Waals surface area (Å²) in [5.41, 5.74) is 0. The maximum Gasteiger partial charge on any atom is -0.0386 e. The van der Waals surface area contributed by atoms with Gasteiger partial charge in [0.1, 0.15) is 0 Å². The first-order chi connectivity index (χ1) is 5.47. The Morgan fingerprint density at radius 1 is 0.455 bits per heavy atom. The van der Waals surface area contributed by atoms with Crippen molar-refractivity contribution in [2.45, 2.75) is 57.8 Å². The van der Waals surface area contributed by atoms with Crippen molar-refractivity contribution in [1.29, 1.82) is 0 Å². The molecule has 0 aromatic carbocycles. The third-order valence-corrected chi connectivity index (χ3v) is 3.72. The molecule has 0 N–H and O–H groups in total. The van der Waals surface area contributed by atoms with Crippen molar-refractivity contribution in [2.24, 2.45) is 11.8 Å². The average molecular weight is 152 g/mol. The van der Waals surface area contributed by atoms with Gasteiger partial charge in [0, 0.05) is 0 Å². The minimum absolute atomic E-state index is 1.15. The standard InChI is InChI=1S/C11H20/c1-2-4-7-11-9-5-8-10(11)6-3-1/h10-11H,1-9H2. The predicted octanol–water partition coefficient (Wildman–Crippen LogP) is 3.76. The normalized spacial score (nSPS) is 39.3. The predicted molar refractivity (Wildman–Crippen MR) is 48.5 cm³/mol. The SMILES string of the molecule is C1CCCC2CCCC2CC1. The zero-order valence-electron chi connectivity index (χ0n) is 7.52. The van der Waals surface area contributed by atoms with E-state index in [-0.39, 0.29) is 0 Å². The molecule has 11 heavy (non-hydrogen) atoms. The summed E-state index contributed by atoms with van der Waals surface area (Å²) in [4.78, 5) is 0. The van der Waals surface area contributed by atoms with E-state index in [0.29, 0.717) is 0 Å². The van der Waals surface area contributed by atoms with Crippen LogP contribution in [0.3, 0.4) is 0 Å². The number of hydrogen-bond donors (Lipinski definition) is 0. The van der Waals surface area contributed by atoms with E-state index in [4.69, 9.17) is 0 Å². The van der Waals surface area contributed by atoms with Gasteiger partial charge in [-0.1, -0.05) is 57.8 Å². The molecule has 2 rings (SSSR count). The highest BCUT2D eigenvalue weighted by Crippen LogP contribution is 2.39. The molecule has 0 radical (unpaired) electrons. The Hall–Kier alpha value is 0. The molecule has 0 amide bonds. The number of rotatable bonds is 0. The van der Waals surface area contributed by atoms with Gasteiger partial charge < -0.3 is 0 Å². The van der Waals surface area contributed by atoms with Gasteiger partial charge in [0.05, 0.1) is 0 Å². The molecular formula is C11H20. The average Bonchev–Trinajstić information content (AvgIpc) is 2.35. The highest BCUT2D eigenvalue weighted by atomic mass is 14.3. The third kappa shape index (κ3) is 1.77. The lowest BCUT2D eigenvalue weighted by atomic mass is 9.84. The van der Waals surface area contributed by atoms with Gasteiger partial charge in [0.15, 0.2) is 0 Å². The van der Waals surface area contributed by atoms with Crippen molar-refractivity contribution < 1.29 is 0 Å². The van der Waals surface area contributed by atoms with E-state index in [9.17, 15) is 0 Å². The van der Waals surface area contributed by atoms with Crippen LogP contribution in [0.15, 0.2) is 0 Å². The maximum absolute atomic E-state index is 1.56. The van der Waals surface area contributed by atoms with Gasteiger partial charge in [-0.05, 0) is 11.8 Å². The fourth-order valence-corrected chi connectivity index (χ4v) is 3.04. The summed E-state index contributed by atoms with van der Waals surface area (Å²) in [7, 11) is 0. The summed E-state index contributed by atoms with van der Waals surface area (Å²) in [6, 6.07) is 0. The summed E-state index contributed by atoms with van der Waals surface area (Å²) in [6.07, 6.45) is 13.9. The molecular weight excluding hydrogens is 132 g/mol. The second-order valence-corrected chi connectivity index (χ2v) is 4.44. The van der Waals surface area contributed by atoms with E-state index in [1.54, 1.807) is 25.7 Å². The van der Waals surface area contributed by atoms with Crippen molar-refractivity contribution >= 4 is 0 Å². The Balaban J connectivity index is 1.89. The quantitative estimate of drug-likeness (QED) is 0.496. The van der Waals surface area contributed by atoms with E-state index in [1.165, 1.54) is 32.1 Å². The molecule has 0 aromatic rings. The minimum Gasteiger partial charge on any atom is -0.0533 e. The van der Waals surface area contributed by atoms with Gasteiger partial charge >= 0.3 is 0 Å². The maximum atomic E-state index is 1.56. The molecule has 2 aliphatic rings. The van der Waals surface area contributed by atoms with Crippen LogP contribution in [-0.4, -0.2) is 0 Å². The molecule has 0 heterocycles. The topological polar surface area (TPSA) is 0 Å². The van der Waals surface area contributed by atoms with Crippen molar-refractivity contribution in [3.05, 3.63) is 0 Å². The van der Waals surface area contributed by atoms with Crippen LogP contribution in [0.1, 0.15) is 57.8 Å². The minimum atomic E-state index is 1.15. The van der Waals surface area contributed by atoms with Gasteiger partial charge in [-0.2, -0.15) is 0 Å². The second-order valence-electron chi connectivity index (χ2n) is 4.44. The fourth-order valence-electron chi connectivity index (χ4n) is 3.04. The zero-order chi connectivity index (χ0) is 7.52. The Morgan fingerprint density at radius 2 is 0.909 bits per heavy atom. The van der Waals surface area contributed by atoms with Crippen LogP contribution in [0.4, 0.5) is 0 Å². The van der Waals surface area contributed by atoms with Gasteiger partial charge in [0.25, 0.3) is 0 Å². The van der Waals surface area contributed by atoms with Gasteiger partial charge in [-0.25, -0.2) is 0 Å². The van der Waals surface area contributed by atoms with Crippen molar-refractivity contribution in [2.75, 3.05) is 0 Å². The van der Waals surface area contributed by atoms with Crippen LogP contribution in [0.2, 0.25) is 0 Å². The fraction of sp³-hybridized carbons (Fsp3) is 1.00. The molecule has 2 aliphatic carbocycles. The molecule has 0 bridgehead atoms. The van der Waals surface area contributed by atoms with Gasteiger partial charge in [-0.3, -0.25) is 0 Å². The Morgan fingerprint density at radius 3 is 1.45 bits per heavy atom. The smallest absolute Gasteiger partial charge is 0.0386 e. The van der Waals surface area contributed by atoms with Crippen LogP contribution < -0.4 is 0 Å². The van der Waals surface area contributed by atoms with E-state index < -0.39 is 0 Å². The van der Waals surface area contributed by atoms with E-state index in [2.05, 4.69) is 0 Å². The first kappa shape index (κ1) is 7.64. The zero-order valence-corrected chi connectivity index (χ0v) is 7.52. The lowest BCUT2D eigenvalue weighted by Crippen LogP contribution is -2.09. The Kier molecular flexibility index (Phi) is 2.50. The van der Waals surface area contributed by atoms with Crippen molar-refractivity contribution in [3.63, 3.8) is 0 Å². The molecule has 0 saturated heterocycles. The van der Waals surface area contributed by atoms with E-state index in [1.807, 2.05) is 0 Å². The molecule has 2 saturated carbocycles. The molecule has 0 aromatic heterocycles. The monoisotopic (exact) mass is 152 g/mol. The molecule has 0 heteroatoms. The molecule has 0 spiro atoms.